The average Bonchev–Trinajstić information content (AvgIpc) is 2.87. The highest BCUT2D eigenvalue weighted by Crippen LogP contribution is 2.20. The highest BCUT2D eigenvalue weighted by molar-refractivity contribution is 7.99. The molecule has 0 radical (unpaired) electrons. The van der Waals surface area contributed by atoms with Gasteiger partial charge in [-0.3, -0.25) is 9.59 Å². The maximum Gasteiger partial charge on any atom is 0.243 e. The fourth-order valence-corrected chi connectivity index (χ4v) is 5.31. The molecule has 0 saturated heterocycles. The van der Waals surface area contributed by atoms with E-state index in [1.807, 2.05) is 54.6 Å². The Kier molecular flexibility index (Phi) is 11.6. The van der Waals surface area contributed by atoms with Crippen LogP contribution in [0.25, 0.3) is 0 Å². The number of hydrogen-bond acceptors (Lipinski definition) is 3. The molecular formula is C31H37ClN2O2S. The van der Waals surface area contributed by atoms with E-state index in [9.17, 15) is 9.59 Å². The van der Waals surface area contributed by atoms with Gasteiger partial charge in [-0.05, 0) is 49.1 Å². The SMILES string of the molecule is CCCCNC(=O)[C@H](Cc1ccccc1)N(Cc1ccc(Cl)cc1)C(=O)CSCc1cc(C)cc(C)c1. The lowest BCUT2D eigenvalue weighted by Gasteiger charge is -2.31. The Morgan fingerprint density at radius 2 is 1.59 bits per heavy atom. The Bertz CT molecular complexity index is 1130. The molecule has 0 fully saturated rings. The van der Waals surface area contributed by atoms with Crippen molar-refractivity contribution in [2.45, 2.75) is 58.4 Å². The fraction of sp³-hybridized carbons (Fsp3) is 0.355. The summed E-state index contributed by atoms with van der Waals surface area (Å²) in [7, 11) is 0. The lowest BCUT2D eigenvalue weighted by molar-refractivity contribution is -0.139. The number of nitrogens with zero attached hydrogens (tertiary/aromatic N) is 1. The first-order valence-electron chi connectivity index (χ1n) is 12.9. The minimum atomic E-state index is -0.607. The Labute approximate surface area is 230 Å². The van der Waals surface area contributed by atoms with Gasteiger partial charge in [0.05, 0.1) is 5.75 Å². The summed E-state index contributed by atoms with van der Waals surface area (Å²) in [6, 6.07) is 23.2. The van der Waals surface area contributed by atoms with E-state index in [0.29, 0.717) is 30.3 Å². The second-order valence-corrected chi connectivity index (χ2v) is 10.9. The van der Waals surface area contributed by atoms with Crippen LogP contribution in [0.4, 0.5) is 0 Å². The van der Waals surface area contributed by atoms with Crippen molar-refractivity contribution in [3.63, 3.8) is 0 Å². The largest absolute Gasteiger partial charge is 0.354 e. The summed E-state index contributed by atoms with van der Waals surface area (Å²) in [5, 5.41) is 3.71. The van der Waals surface area contributed by atoms with Gasteiger partial charge in [-0.2, -0.15) is 0 Å². The molecule has 0 unspecified atom stereocenters. The zero-order chi connectivity index (χ0) is 26.6. The number of unbranched alkanes of at least 4 members (excludes halogenated alkanes) is 1. The van der Waals surface area contributed by atoms with Crippen LogP contribution in [0, 0.1) is 13.8 Å². The van der Waals surface area contributed by atoms with Gasteiger partial charge in [0.25, 0.3) is 0 Å². The third-order valence-electron chi connectivity index (χ3n) is 6.14. The second kappa shape index (κ2) is 14.8. The van der Waals surface area contributed by atoms with E-state index < -0.39 is 6.04 Å². The molecular weight excluding hydrogens is 500 g/mol. The van der Waals surface area contributed by atoms with Gasteiger partial charge in [0.15, 0.2) is 0 Å². The zero-order valence-corrected chi connectivity index (χ0v) is 23.6. The highest BCUT2D eigenvalue weighted by atomic mass is 35.5. The molecule has 0 spiro atoms. The molecule has 4 nitrogen and oxygen atoms in total. The summed E-state index contributed by atoms with van der Waals surface area (Å²) in [6.07, 6.45) is 2.35. The van der Waals surface area contributed by atoms with Crippen LogP contribution in [0.15, 0.2) is 72.8 Å². The number of carbonyl (C=O) groups is 2. The van der Waals surface area contributed by atoms with E-state index in [4.69, 9.17) is 11.6 Å². The third kappa shape index (κ3) is 9.56. The van der Waals surface area contributed by atoms with Crippen LogP contribution >= 0.6 is 23.4 Å². The molecule has 1 atom stereocenters. The second-order valence-electron chi connectivity index (χ2n) is 9.49. The zero-order valence-electron chi connectivity index (χ0n) is 22.0. The van der Waals surface area contributed by atoms with Crippen LogP contribution in [0.5, 0.6) is 0 Å². The molecule has 0 aliphatic rings. The quantitative estimate of drug-likeness (QED) is 0.246. The first-order chi connectivity index (χ1) is 17.9. The number of aryl methyl sites for hydroxylation is 2. The van der Waals surface area contributed by atoms with Crippen molar-refractivity contribution in [3.05, 3.63) is 106 Å². The van der Waals surface area contributed by atoms with E-state index >= 15 is 0 Å². The molecule has 196 valence electrons. The smallest absolute Gasteiger partial charge is 0.243 e. The van der Waals surface area contributed by atoms with E-state index in [-0.39, 0.29) is 11.8 Å². The van der Waals surface area contributed by atoms with E-state index in [0.717, 1.165) is 29.7 Å². The summed E-state index contributed by atoms with van der Waals surface area (Å²) in [5.74, 6) is 0.887. The number of nitrogens with one attached hydrogen (secondary N) is 1. The van der Waals surface area contributed by atoms with E-state index in [2.05, 4.69) is 44.3 Å². The topological polar surface area (TPSA) is 49.4 Å². The first kappa shape index (κ1) is 28.8. The lowest BCUT2D eigenvalue weighted by atomic mass is 10.0. The molecule has 3 rings (SSSR count). The van der Waals surface area contributed by atoms with Gasteiger partial charge in [-0.1, -0.05) is 96.7 Å². The monoisotopic (exact) mass is 536 g/mol. The number of amides is 2. The van der Waals surface area contributed by atoms with Crippen molar-refractivity contribution in [1.82, 2.24) is 10.2 Å². The van der Waals surface area contributed by atoms with Gasteiger partial charge in [-0.15, -0.1) is 11.8 Å². The van der Waals surface area contributed by atoms with Gasteiger partial charge in [0, 0.05) is 30.3 Å². The summed E-state index contributed by atoms with van der Waals surface area (Å²) >= 11 is 7.69. The number of thioether (sulfide) groups is 1. The molecule has 37 heavy (non-hydrogen) atoms. The molecule has 0 aliphatic heterocycles. The number of rotatable bonds is 13. The van der Waals surface area contributed by atoms with Crippen molar-refractivity contribution in [1.29, 1.82) is 0 Å². The molecule has 0 aromatic heterocycles. The third-order valence-corrected chi connectivity index (χ3v) is 7.38. The summed E-state index contributed by atoms with van der Waals surface area (Å²) in [4.78, 5) is 28.9. The van der Waals surface area contributed by atoms with Gasteiger partial charge in [0.2, 0.25) is 11.8 Å². The van der Waals surface area contributed by atoms with Gasteiger partial charge < -0.3 is 10.2 Å². The molecule has 0 aliphatic carbocycles. The molecule has 2 amide bonds. The van der Waals surface area contributed by atoms with Crippen LogP contribution in [0.2, 0.25) is 5.02 Å². The Balaban J connectivity index is 1.82. The molecule has 1 N–H and O–H groups in total. The molecule has 0 bridgehead atoms. The average molecular weight is 537 g/mol. The minimum absolute atomic E-state index is 0.0455. The standard InChI is InChI=1S/C31H37ClN2O2S/c1-4-5-15-33-31(36)29(19-25-9-7-6-8-10-25)34(20-26-11-13-28(32)14-12-26)30(35)22-37-21-27-17-23(2)16-24(3)18-27/h6-14,16-18,29H,4-5,15,19-22H2,1-3H3,(H,33,36)/t29-/m0/s1. The highest BCUT2D eigenvalue weighted by Gasteiger charge is 2.30. The summed E-state index contributed by atoms with van der Waals surface area (Å²) < 4.78 is 0. The maximum atomic E-state index is 13.7. The molecule has 6 heteroatoms. The van der Waals surface area contributed by atoms with Crippen LogP contribution < -0.4 is 5.32 Å². The number of benzene rings is 3. The van der Waals surface area contributed by atoms with Crippen LogP contribution in [0.3, 0.4) is 0 Å². The van der Waals surface area contributed by atoms with Crippen LogP contribution in [-0.4, -0.2) is 35.1 Å². The normalized spacial score (nSPS) is 11.7. The summed E-state index contributed by atoms with van der Waals surface area (Å²) in [6.45, 7) is 7.22. The maximum absolute atomic E-state index is 13.7. The molecule has 0 heterocycles. The van der Waals surface area contributed by atoms with Crippen molar-refractivity contribution in [2.24, 2.45) is 0 Å². The number of halogens is 1. The predicted molar refractivity (Wildman–Crippen MR) is 156 cm³/mol. The number of hydrogen-bond donors (Lipinski definition) is 1. The summed E-state index contributed by atoms with van der Waals surface area (Å²) in [5.41, 5.74) is 5.61. The van der Waals surface area contributed by atoms with Crippen molar-refractivity contribution in [2.75, 3.05) is 12.3 Å². The predicted octanol–water partition coefficient (Wildman–Crippen LogP) is 6.75. The Morgan fingerprint density at radius 3 is 2.24 bits per heavy atom. The number of carbonyl (C=O) groups excluding carboxylic acids is 2. The minimum Gasteiger partial charge on any atom is -0.354 e. The molecule has 3 aromatic rings. The fourth-order valence-electron chi connectivity index (χ4n) is 4.34. The van der Waals surface area contributed by atoms with E-state index in [1.54, 1.807) is 16.7 Å². The lowest BCUT2D eigenvalue weighted by Crippen LogP contribution is -2.51. The van der Waals surface area contributed by atoms with Crippen molar-refractivity contribution < 1.29 is 9.59 Å². The van der Waals surface area contributed by atoms with Crippen molar-refractivity contribution >= 4 is 35.2 Å². The van der Waals surface area contributed by atoms with Gasteiger partial charge in [0.1, 0.15) is 6.04 Å². The van der Waals surface area contributed by atoms with Gasteiger partial charge >= 0.3 is 0 Å². The van der Waals surface area contributed by atoms with E-state index in [1.165, 1.54) is 16.7 Å². The molecule has 0 saturated carbocycles. The Hall–Kier alpha value is -2.76. The molecule has 3 aromatic carbocycles. The first-order valence-corrected chi connectivity index (χ1v) is 14.4. The van der Waals surface area contributed by atoms with Gasteiger partial charge in [-0.25, -0.2) is 0 Å². The Morgan fingerprint density at radius 1 is 0.919 bits per heavy atom. The van der Waals surface area contributed by atoms with Crippen molar-refractivity contribution in [3.8, 4) is 0 Å². The van der Waals surface area contributed by atoms with Crippen LogP contribution in [-0.2, 0) is 28.3 Å². The van der Waals surface area contributed by atoms with Crippen LogP contribution in [0.1, 0.15) is 47.6 Å².